The van der Waals surface area contributed by atoms with Crippen LogP contribution in [0.3, 0.4) is 0 Å². The molecule has 8 nitrogen and oxygen atoms in total. The van der Waals surface area contributed by atoms with Crippen molar-refractivity contribution in [1.82, 2.24) is 4.31 Å². The second-order valence-corrected chi connectivity index (χ2v) is 10.4. The van der Waals surface area contributed by atoms with Crippen LogP contribution in [0.5, 0.6) is 5.75 Å². The van der Waals surface area contributed by atoms with Crippen LogP contribution < -0.4 is 15.4 Å². The summed E-state index contributed by atoms with van der Waals surface area (Å²) in [6, 6.07) is 7.32. The number of hydrogen-bond donors (Lipinski definition) is 2. The lowest BCUT2D eigenvalue weighted by molar-refractivity contribution is -0.122. The third-order valence-corrected chi connectivity index (χ3v) is 8.20. The van der Waals surface area contributed by atoms with Gasteiger partial charge in [-0.1, -0.05) is 17.7 Å². The number of aryl methyl sites for hydroxylation is 2. The first-order valence-electron chi connectivity index (χ1n) is 10.3. The van der Waals surface area contributed by atoms with Crippen LogP contribution in [0, 0.1) is 13.8 Å². The number of carbonyl (C=O) groups is 2. The second-order valence-electron chi connectivity index (χ2n) is 8.09. The molecule has 0 radical (unpaired) electrons. The first-order chi connectivity index (χ1) is 15.1. The van der Waals surface area contributed by atoms with E-state index in [1.807, 2.05) is 6.92 Å². The van der Waals surface area contributed by atoms with Gasteiger partial charge in [0.15, 0.2) is 6.10 Å². The molecule has 2 aliphatic rings. The second kappa shape index (κ2) is 8.38. The molecular formula is C22H24ClN3O5S. The molecule has 2 atom stereocenters. The molecule has 0 bridgehead atoms. The average Bonchev–Trinajstić information content (AvgIpc) is 3.22. The minimum Gasteiger partial charge on any atom is -0.479 e. The summed E-state index contributed by atoms with van der Waals surface area (Å²) in [7, 11) is -3.98. The van der Waals surface area contributed by atoms with E-state index < -0.39 is 28.1 Å². The number of ether oxygens (including phenoxy) is 1. The van der Waals surface area contributed by atoms with Gasteiger partial charge in [0.25, 0.3) is 5.91 Å². The summed E-state index contributed by atoms with van der Waals surface area (Å²) in [5.41, 5.74) is 2.28. The fourth-order valence-electron chi connectivity index (χ4n) is 3.93. The molecule has 0 spiro atoms. The van der Waals surface area contributed by atoms with Crippen LogP contribution in [0.15, 0.2) is 35.2 Å². The van der Waals surface area contributed by atoms with Crippen LogP contribution in [0.1, 0.15) is 30.9 Å². The SMILES string of the molecule is Cc1ccc(NC(=O)[C@@H]2CCCN2S(=O)(=O)c2cc3c(cc2C)NC(=O)[C@@H](C)O3)cc1Cl. The molecule has 1 fully saturated rings. The maximum absolute atomic E-state index is 13.5. The number of amides is 2. The van der Waals surface area contributed by atoms with Crippen LogP contribution in [-0.4, -0.2) is 43.2 Å². The van der Waals surface area contributed by atoms with E-state index >= 15 is 0 Å². The van der Waals surface area contributed by atoms with Crippen molar-refractivity contribution in [3.05, 3.63) is 46.5 Å². The Morgan fingerprint density at radius 3 is 2.69 bits per heavy atom. The molecule has 2 aromatic carbocycles. The third-order valence-electron chi connectivity index (χ3n) is 5.74. The fourth-order valence-corrected chi connectivity index (χ4v) is 5.99. The number of hydrogen-bond acceptors (Lipinski definition) is 5. The molecule has 0 aromatic heterocycles. The van der Waals surface area contributed by atoms with Gasteiger partial charge in [-0.2, -0.15) is 4.31 Å². The number of carbonyl (C=O) groups excluding carboxylic acids is 2. The van der Waals surface area contributed by atoms with E-state index in [-0.39, 0.29) is 23.1 Å². The van der Waals surface area contributed by atoms with Gasteiger partial charge in [-0.05, 0) is 62.9 Å². The van der Waals surface area contributed by atoms with Gasteiger partial charge in [-0.25, -0.2) is 8.42 Å². The zero-order chi connectivity index (χ0) is 23.2. The standard InChI is InChI=1S/C22H24ClN3O5S/c1-12-6-7-15(10-16(12)23)24-22(28)18-5-4-8-26(18)32(29,30)20-11-19-17(9-13(20)2)25-21(27)14(3)31-19/h6-7,9-11,14,18H,4-5,8H2,1-3H3,(H,24,28)(H,25,27)/t14-,18+/m1/s1. The molecule has 0 aliphatic carbocycles. The maximum atomic E-state index is 13.5. The van der Waals surface area contributed by atoms with Gasteiger partial charge in [0.2, 0.25) is 15.9 Å². The highest BCUT2D eigenvalue weighted by molar-refractivity contribution is 7.89. The summed E-state index contributed by atoms with van der Waals surface area (Å²) in [5, 5.41) is 6.01. The van der Waals surface area contributed by atoms with Crippen LogP contribution >= 0.6 is 11.6 Å². The Labute approximate surface area is 191 Å². The quantitative estimate of drug-likeness (QED) is 0.701. The van der Waals surface area contributed by atoms with E-state index in [0.717, 1.165) is 5.56 Å². The maximum Gasteiger partial charge on any atom is 0.265 e. The van der Waals surface area contributed by atoms with Crippen molar-refractivity contribution in [2.45, 2.75) is 50.7 Å². The van der Waals surface area contributed by atoms with Gasteiger partial charge in [0.05, 0.1) is 10.6 Å². The predicted molar refractivity (Wildman–Crippen MR) is 122 cm³/mol. The number of nitrogens with zero attached hydrogens (tertiary/aromatic N) is 1. The van der Waals surface area contributed by atoms with E-state index in [1.165, 1.54) is 10.4 Å². The lowest BCUT2D eigenvalue weighted by Crippen LogP contribution is -2.43. The summed E-state index contributed by atoms with van der Waals surface area (Å²) in [6.07, 6.45) is 0.255. The molecule has 1 saturated heterocycles. The van der Waals surface area contributed by atoms with Crippen LogP contribution in [0.25, 0.3) is 0 Å². The van der Waals surface area contributed by atoms with Crippen LogP contribution in [-0.2, 0) is 19.6 Å². The van der Waals surface area contributed by atoms with E-state index in [4.69, 9.17) is 16.3 Å². The Bertz CT molecular complexity index is 1210. The number of nitrogens with one attached hydrogen (secondary N) is 2. The molecule has 2 heterocycles. The lowest BCUT2D eigenvalue weighted by atomic mass is 10.1. The molecule has 2 N–H and O–H groups in total. The van der Waals surface area contributed by atoms with Crippen molar-refractivity contribution in [2.75, 3.05) is 17.2 Å². The van der Waals surface area contributed by atoms with E-state index in [1.54, 1.807) is 38.1 Å². The zero-order valence-corrected chi connectivity index (χ0v) is 19.5. The van der Waals surface area contributed by atoms with Crippen molar-refractivity contribution >= 4 is 44.8 Å². The summed E-state index contributed by atoms with van der Waals surface area (Å²) in [6.45, 7) is 5.33. The van der Waals surface area contributed by atoms with Gasteiger partial charge in [-0.3, -0.25) is 9.59 Å². The molecule has 10 heteroatoms. The fraction of sp³-hybridized carbons (Fsp3) is 0.364. The molecular weight excluding hydrogens is 454 g/mol. The normalized spacial score (nSPS) is 20.9. The lowest BCUT2D eigenvalue weighted by Gasteiger charge is -2.27. The Morgan fingerprint density at radius 1 is 1.22 bits per heavy atom. The Morgan fingerprint density at radius 2 is 1.97 bits per heavy atom. The molecule has 170 valence electrons. The highest BCUT2D eigenvalue weighted by Gasteiger charge is 2.40. The summed E-state index contributed by atoms with van der Waals surface area (Å²) in [5.74, 6) is -0.408. The zero-order valence-electron chi connectivity index (χ0n) is 17.9. The van der Waals surface area contributed by atoms with Gasteiger partial charge < -0.3 is 15.4 Å². The van der Waals surface area contributed by atoms with E-state index in [9.17, 15) is 18.0 Å². The van der Waals surface area contributed by atoms with Gasteiger partial charge >= 0.3 is 0 Å². The molecule has 32 heavy (non-hydrogen) atoms. The number of benzene rings is 2. The molecule has 2 aliphatic heterocycles. The number of fused-ring (bicyclic) bond motifs is 1. The first kappa shape index (κ1) is 22.6. The van der Waals surface area contributed by atoms with Crippen molar-refractivity contribution in [3.8, 4) is 5.75 Å². The van der Waals surface area contributed by atoms with Crippen molar-refractivity contribution < 1.29 is 22.7 Å². The minimum absolute atomic E-state index is 0.0534. The van der Waals surface area contributed by atoms with Crippen molar-refractivity contribution in [1.29, 1.82) is 0 Å². The number of anilines is 2. The highest BCUT2D eigenvalue weighted by atomic mass is 35.5. The first-order valence-corrected chi connectivity index (χ1v) is 12.1. The topological polar surface area (TPSA) is 105 Å². The number of halogens is 1. The Balaban J connectivity index is 1.62. The Hall–Kier alpha value is -2.62. The Kier molecular flexibility index (Phi) is 5.91. The van der Waals surface area contributed by atoms with Crippen molar-refractivity contribution in [2.24, 2.45) is 0 Å². The van der Waals surface area contributed by atoms with Crippen LogP contribution in [0.2, 0.25) is 5.02 Å². The van der Waals surface area contributed by atoms with Gasteiger partial charge in [0, 0.05) is 23.3 Å². The van der Waals surface area contributed by atoms with E-state index in [2.05, 4.69) is 10.6 Å². The summed E-state index contributed by atoms with van der Waals surface area (Å²) in [4.78, 5) is 24.9. The molecule has 2 amide bonds. The number of rotatable bonds is 4. The monoisotopic (exact) mass is 477 g/mol. The molecule has 0 saturated carbocycles. The highest BCUT2D eigenvalue weighted by Crippen LogP contribution is 2.37. The summed E-state index contributed by atoms with van der Waals surface area (Å²) >= 11 is 6.14. The average molecular weight is 478 g/mol. The van der Waals surface area contributed by atoms with Crippen molar-refractivity contribution in [3.63, 3.8) is 0 Å². The van der Waals surface area contributed by atoms with Gasteiger partial charge in [-0.15, -0.1) is 0 Å². The molecule has 4 rings (SSSR count). The smallest absolute Gasteiger partial charge is 0.265 e. The number of sulfonamides is 1. The predicted octanol–water partition coefficient (Wildman–Crippen LogP) is 3.47. The minimum atomic E-state index is -3.98. The molecule has 0 unspecified atom stereocenters. The summed E-state index contributed by atoms with van der Waals surface area (Å²) < 4.78 is 33.9. The third kappa shape index (κ3) is 4.07. The molecule has 2 aromatic rings. The van der Waals surface area contributed by atoms with E-state index in [0.29, 0.717) is 34.8 Å². The van der Waals surface area contributed by atoms with Gasteiger partial charge in [0.1, 0.15) is 11.8 Å². The van der Waals surface area contributed by atoms with Crippen LogP contribution in [0.4, 0.5) is 11.4 Å². The largest absolute Gasteiger partial charge is 0.479 e.